The fourth-order valence-corrected chi connectivity index (χ4v) is 5.96. The summed E-state index contributed by atoms with van der Waals surface area (Å²) in [7, 11) is 1.11. The van der Waals surface area contributed by atoms with Crippen molar-refractivity contribution in [2.45, 2.75) is 161 Å². The van der Waals surface area contributed by atoms with E-state index in [9.17, 15) is 19.0 Å². The number of carbonyl (C=O) groups excluding carboxylic acids is 2. The molecular weight excluding hydrogens is 701 g/mol. The van der Waals surface area contributed by atoms with Gasteiger partial charge in [-0.25, -0.2) is 0 Å². The zero-order valence-corrected chi connectivity index (χ0v) is 35.8. The first-order chi connectivity index (χ1) is 26.0. The van der Waals surface area contributed by atoms with Crippen LogP contribution in [0, 0.1) is 0 Å². The molecule has 0 spiro atoms. The molecule has 0 aromatic heterocycles. The van der Waals surface area contributed by atoms with Gasteiger partial charge >= 0.3 is 11.9 Å². The minimum absolute atomic E-state index is 0.0455. The normalized spacial score (nSPS) is 14.3. The fraction of sp³-hybridized carbons (Fsp3) is 0.727. The summed E-state index contributed by atoms with van der Waals surface area (Å²) >= 11 is 0. The third-order valence-electron chi connectivity index (χ3n) is 8.54. The number of carbonyl (C=O) groups is 2. The monoisotopic (exact) mass is 780 g/mol. The van der Waals surface area contributed by atoms with E-state index in [1.165, 1.54) is 70.6 Å². The van der Waals surface area contributed by atoms with Gasteiger partial charge in [0.15, 0.2) is 6.10 Å². The molecule has 312 valence electrons. The molecule has 0 N–H and O–H groups in total. The predicted molar refractivity (Wildman–Crippen MR) is 222 cm³/mol. The first-order valence-corrected chi connectivity index (χ1v) is 22.5. The highest BCUT2D eigenvalue weighted by molar-refractivity contribution is 7.45. The van der Waals surface area contributed by atoms with Gasteiger partial charge in [-0.3, -0.25) is 14.2 Å². The minimum Gasteiger partial charge on any atom is -0.756 e. The highest BCUT2D eigenvalue weighted by Gasteiger charge is 2.21. The van der Waals surface area contributed by atoms with Gasteiger partial charge in [0.1, 0.15) is 19.8 Å². The average Bonchev–Trinajstić information content (AvgIpc) is 3.12. The summed E-state index contributed by atoms with van der Waals surface area (Å²) in [6.07, 6.45) is 42.6. The van der Waals surface area contributed by atoms with Crippen molar-refractivity contribution in [3.8, 4) is 0 Å². The summed E-state index contributed by atoms with van der Waals surface area (Å²) in [5.41, 5.74) is 0. The molecule has 0 saturated heterocycles. The van der Waals surface area contributed by atoms with Gasteiger partial charge in [0.2, 0.25) is 0 Å². The highest BCUT2D eigenvalue weighted by atomic mass is 31.2. The van der Waals surface area contributed by atoms with Gasteiger partial charge in [0.25, 0.3) is 7.82 Å². The molecule has 0 saturated carbocycles. The Morgan fingerprint density at radius 1 is 0.574 bits per heavy atom. The number of unbranched alkanes of at least 4 members (excludes halogenated alkanes) is 13. The molecule has 0 heterocycles. The lowest BCUT2D eigenvalue weighted by Gasteiger charge is -2.28. The molecule has 0 radical (unpaired) electrons. The Morgan fingerprint density at radius 2 is 1.04 bits per heavy atom. The molecular formula is C44H78NO8P. The number of phosphoric acid groups is 1. The summed E-state index contributed by atoms with van der Waals surface area (Å²) in [5.74, 6) is -0.933. The van der Waals surface area contributed by atoms with Crippen LogP contribution in [0.4, 0.5) is 0 Å². The Labute approximate surface area is 330 Å². The van der Waals surface area contributed by atoms with Gasteiger partial charge < -0.3 is 27.9 Å². The van der Waals surface area contributed by atoms with Crippen LogP contribution in [0.3, 0.4) is 0 Å². The molecule has 9 nitrogen and oxygen atoms in total. The number of allylic oxidation sites excluding steroid dienone is 10. The van der Waals surface area contributed by atoms with E-state index in [0.29, 0.717) is 17.4 Å². The summed E-state index contributed by atoms with van der Waals surface area (Å²) in [6, 6.07) is 0. The molecule has 0 bridgehead atoms. The Morgan fingerprint density at radius 3 is 1.52 bits per heavy atom. The fourth-order valence-electron chi connectivity index (χ4n) is 5.23. The third-order valence-corrected chi connectivity index (χ3v) is 9.50. The van der Waals surface area contributed by atoms with E-state index >= 15 is 0 Å². The maximum Gasteiger partial charge on any atom is 0.306 e. The summed E-state index contributed by atoms with van der Waals surface area (Å²) < 4.78 is 33.7. The van der Waals surface area contributed by atoms with Crippen molar-refractivity contribution >= 4 is 19.8 Å². The van der Waals surface area contributed by atoms with Crippen LogP contribution in [0.2, 0.25) is 0 Å². The second-order valence-corrected chi connectivity index (χ2v) is 16.4. The van der Waals surface area contributed by atoms with E-state index in [2.05, 4.69) is 62.5 Å². The van der Waals surface area contributed by atoms with Crippen LogP contribution in [-0.4, -0.2) is 70.0 Å². The Hall–Kier alpha value is -2.29. The van der Waals surface area contributed by atoms with E-state index in [1.807, 2.05) is 33.3 Å². The second-order valence-electron chi connectivity index (χ2n) is 15.0. The number of phosphoric ester groups is 1. The lowest BCUT2D eigenvalue weighted by Crippen LogP contribution is -2.37. The van der Waals surface area contributed by atoms with Gasteiger partial charge in [-0.15, -0.1) is 0 Å². The van der Waals surface area contributed by atoms with E-state index in [-0.39, 0.29) is 26.1 Å². The molecule has 0 aliphatic carbocycles. The lowest BCUT2D eigenvalue weighted by molar-refractivity contribution is -0.870. The van der Waals surface area contributed by atoms with E-state index in [4.69, 9.17) is 18.5 Å². The number of rotatable bonds is 37. The molecule has 2 atom stereocenters. The SMILES string of the molecule is CCC/C=C\C/C=C\C/C=C\C/C=C\C/C=C\CCC(=O)OC(COC(=O)CCCCCCCCCCCCCCC)COP(=O)([O-])OCC[N+](C)(C)C. The summed E-state index contributed by atoms with van der Waals surface area (Å²) in [6.45, 7) is 4.06. The number of nitrogens with zero attached hydrogens (tertiary/aromatic N) is 1. The topological polar surface area (TPSA) is 111 Å². The zero-order chi connectivity index (χ0) is 40.0. The van der Waals surface area contributed by atoms with Gasteiger partial charge in [-0.05, 0) is 44.9 Å². The Balaban J connectivity index is 4.52. The second kappa shape index (κ2) is 36.4. The third kappa shape index (κ3) is 39.4. The van der Waals surface area contributed by atoms with Crippen molar-refractivity contribution in [1.29, 1.82) is 0 Å². The van der Waals surface area contributed by atoms with Gasteiger partial charge in [0, 0.05) is 12.8 Å². The quantitative estimate of drug-likeness (QED) is 0.0201. The molecule has 0 rings (SSSR count). The number of likely N-dealkylation sites (N-methyl/N-ethyl adjacent to an activating group) is 1. The maximum atomic E-state index is 12.6. The Kier molecular flexibility index (Phi) is 34.8. The van der Waals surface area contributed by atoms with Crippen LogP contribution >= 0.6 is 7.82 Å². The number of ether oxygens (including phenoxy) is 2. The van der Waals surface area contributed by atoms with Gasteiger partial charge in [-0.2, -0.15) is 0 Å². The number of hydrogen-bond donors (Lipinski definition) is 0. The molecule has 0 fully saturated rings. The first-order valence-electron chi connectivity index (χ1n) is 21.0. The first kappa shape index (κ1) is 51.7. The van der Waals surface area contributed by atoms with Crippen molar-refractivity contribution in [1.82, 2.24) is 0 Å². The molecule has 0 amide bonds. The van der Waals surface area contributed by atoms with Crippen molar-refractivity contribution in [3.05, 3.63) is 60.8 Å². The standard InChI is InChI=1S/C44H78NO8P/c1-6-8-10-12-14-16-18-20-21-22-23-25-27-29-31-33-35-37-44(47)53-42(41-52-54(48,49)51-39-38-45(3,4)5)40-50-43(46)36-34-32-30-28-26-24-19-17-15-13-11-9-7-2/h10,12,16,18,21-22,25,27,31,33,42H,6-9,11,13-15,17,19-20,23-24,26,28-30,32,34-41H2,1-5H3/b12-10-,18-16-,22-21-,27-25-,33-31-. The van der Waals surface area contributed by atoms with Crippen molar-refractivity contribution in [3.63, 3.8) is 0 Å². The molecule has 54 heavy (non-hydrogen) atoms. The van der Waals surface area contributed by atoms with Crippen molar-refractivity contribution < 1.29 is 42.1 Å². The van der Waals surface area contributed by atoms with Gasteiger partial charge in [-0.1, -0.05) is 158 Å². The highest BCUT2D eigenvalue weighted by Crippen LogP contribution is 2.38. The largest absolute Gasteiger partial charge is 0.756 e. The van der Waals surface area contributed by atoms with E-state index in [0.717, 1.165) is 51.4 Å². The van der Waals surface area contributed by atoms with Crippen molar-refractivity contribution in [2.75, 3.05) is 47.5 Å². The van der Waals surface area contributed by atoms with E-state index in [1.54, 1.807) is 0 Å². The van der Waals surface area contributed by atoms with Crippen LogP contribution < -0.4 is 4.89 Å². The molecule has 0 aromatic rings. The Bertz CT molecular complexity index is 1110. The number of hydrogen-bond acceptors (Lipinski definition) is 8. The number of esters is 2. The smallest absolute Gasteiger partial charge is 0.306 e. The molecule has 10 heteroatoms. The molecule has 0 aliphatic heterocycles. The van der Waals surface area contributed by atoms with Crippen LogP contribution in [0.5, 0.6) is 0 Å². The molecule has 0 aliphatic rings. The van der Waals surface area contributed by atoms with Crippen molar-refractivity contribution in [2.24, 2.45) is 0 Å². The summed E-state index contributed by atoms with van der Waals surface area (Å²) in [4.78, 5) is 37.4. The van der Waals surface area contributed by atoms with Crippen LogP contribution in [0.1, 0.15) is 155 Å². The lowest BCUT2D eigenvalue weighted by atomic mass is 10.0. The van der Waals surface area contributed by atoms with Crippen LogP contribution in [0.15, 0.2) is 60.8 Å². The zero-order valence-electron chi connectivity index (χ0n) is 34.9. The summed E-state index contributed by atoms with van der Waals surface area (Å²) in [5, 5.41) is 0. The maximum absolute atomic E-state index is 12.6. The minimum atomic E-state index is -4.64. The average molecular weight is 780 g/mol. The predicted octanol–water partition coefficient (Wildman–Crippen LogP) is 11.1. The van der Waals surface area contributed by atoms with Gasteiger partial charge in [0.05, 0.1) is 27.7 Å². The van der Waals surface area contributed by atoms with E-state index < -0.39 is 32.5 Å². The number of quaternary nitrogens is 1. The molecule has 2 unspecified atom stereocenters. The molecule has 0 aromatic carbocycles. The van der Waals surface area contributed by atoms with Crippen LogP contribution in [0.25, 0.3) is 0 Å². The van der Waals surface area contributed by atoms with Crippen LogP contribution in [-0.2, 0) is 32.7 Å².